The lowest BCUT2D eigenvalue weighted by Gasteiger charge is -2.38. The van der Waals surface area contributed by atoms with Crippen LogP contribution in [0.25, 0.3) is 0 Å². The molecule has 1 fully saturated rings. The molecule has 1 aromatic carbocycles. The summed E-state index contributed by atoms with van der Waals surface area (Å²) in [5.74, 6) is -1.13. The Labute approximate surface area is 124 Å². The van der Waals surface area contributed by atoms with Crippen molar-refractivity contribution in [2.45, 2.75) is 38.3 Å². The molecule has 0 aromatic heterocycles. The van der Waals surface area contributed by atoms with Crippen LogP contribution < -0.4 is 5.73 Å². The highest BCUT2D eigenvalue weighted by molar-refractivity contribution is 5.41. The molecule has 2 rings (SSSR count). The van der Waals surface area contributed by atoms with Crippen molar-refractivity contribution in [2.24, 2.45) is 5.92 Å². The summed E-state index contributed by atoms with van der Waals surface area (Å²) in [6, 6.07) is 7.73. The monoisotopic (exact) mass is 300 g/mol. The summed E-state index contributed by atoms with van der Waals surface area (Å²) in [5.41, 5.74) is 7.48. The number of anilines is 1. The third-order valence-electron chi connectivity index (χ3n) is 4.36. The van der Waals surface area contributed by atoms with Gasteiger partial charge in [-0.3, -0.25) is 0 Å². The number of nitrogen functional groups attached to an aromatic ring is 1. The average Bonchev–Trinajstić information content (AvgIpc) is 2.38. The van der Waals surface area contributed by atoms with Crippen molar-refractivity contribution in [3.8, 4) is 0 Å². The Morgan fingerprint density at radius 2 is 1.62 bits per heavy atom. The predicted octanol–water partition coefficient (Wildman–Crippen LogP) is 3.82. The molecule has 1 heterocycles. The number of piperidine rings is 1. The van der Waals surface area contributed by atoms with Crippen LogP contribution in [0.15, 0.2) is 24.3 Å². The fourth-order valence-electron chi connectivity index (χ4n) is 3.00. The van der Waals surface area contributed by atoms with E-state index in [4.69, 9.17) is 5.73 Å². The van der Waals surface area contributed by atoms with Crippen molar-refractivity contribution in [3.63, 3.8) is 0 Å². The molecule has 1 aliphatic heterocycles. The van der Waals surface area contributed by atoms with E-state index in [0.29, 0.717) is 13.1 Å². The lowest BCUT2D eigenvalue weighted by molar-refractivity contribution is -0.185. The highest BCUT2D eigenvalue weighted by Crippen LogP contribution is 2.35. The Hall–Kier alpha value is -1.23. The maximum atomic E-state index is 12.7. The summed E-state index contributed by atoms with van der Waals surface area (Å²) in [6.07, 6.45) is -3.62. The first-order chi connectivity index (χ1) is 9.68. The molecule has 0 aliphatic carbocycles. The number of rotatable bonds is 3. The second-order valence-electron chi connectivity index (χ2n) is 6.60. The SMILES string of the molecule is CC(C)(CN1CCC(C(F)(F)F)CC1)c1ccc(N)cc1. The second-order valence-corrected chi connectivity index (χ2v) is 6.60. The molecule has 1 aromatic rings. The van der Waals surface area contributed by atoms with Gasteiger partial charge in [-0.25, -0.2) is 0 Å². The van der Waals surface area contributed by atoms with Crippen LogP contribution in [0.4, 0.5) is 18.9 Å². The summed E-state index contributed by atoms with van der Waals surface area (Å²) < 4.78 is 38.0. The molecule has 118 valence electrons. The van der Waals surface area contributed by atoms with Crippen molar-refractivity contribution >= 4 is 5.69 Å². The van der Waals surface area contributed by atoms with E-state index < -0.39 is 12.1 Å². The van der Waals surface area contributed by atoms with Gasteiger partial charge < -0.3 is 10.6 Å². The maximum Gasteiger partial charge on any atom is 0.391 e. The van der Waals surface area contributed by atoms with Crippen molar-refractivity contribution in [1.82, 2.24) is 4.90 Å². The highest BCUT2D eigenvalue weighted by atomic mass is 19.4. The Morgan fingerprint density at radius 3 is 2.10 bits per heavy atom. The molecule has 0 atom stereocenters. The Balaban J connectivity index is 1.94. The minimum absolute atomic E-state index is 0.0984. The van der Waals surface area contributed by atoms with E-state index in [1.807, 2.05) is 24.3 Å². The number of halogens is 3. The number of hydrogen-bond acceptors (Lipinski definition) is 2. The fourth-order valence-corrected chi connectivity index (χ4v) is 3.00. The Kier molecular flexibility index (Phi) is 4.51. The topological polar surface area (TPSA) is 29.3 Å². The maximum absolute atomic E-state index is 12.7. The summed E-state index contributed by atoms with van der Waals surface area (Å²) in [7, 11) is 0. The van der Waals surface area contributed by atoms with Gasteiger partial charge in [-0.05, 0) is 43.6 Å². The van der Waals surface area contributed by atoms with Crippen LogP contribution in [0.5, 0.6) is 0 Å². The van der Waals surface area contributed by atoms with Crippen molar-refractivity contribution in [1.29, 1.82) is 0 Å². The molecule has 0 unspecified atom stereocenters. The lowest BCUT2D eigenvalue weighted by Crippen LogP contribution is -2.44. The second kappa shape index (κ2) is 5.87. The summed E-state index contributed by atoms with van der Waals surface area (Å²) >= 11 is 0. The van der Waals surface area contributed by atoms with E-state index in [9.17, 15) is 13.2 Å². The standard InChI is InChI=1S/C16H23F3N2/c1-15(2,12-3-5-14(20)6-4-12)11-21-9-7-13(8-10-21)16(17,18)19/h3-6,13H,7-11,20H2,1-2H3. The first-order valence-corrected chi connectivity index (χ1v) is 7.33. The van der Waals surface area contributed by atoms with Crippen molar-refractivity contribution < 1.29 is 13.2 Å². The third kappa shape index (κ3) is 4.13. The van der Waals surface area contributed by atoms with Gasteiger partial charge >= 0.3 is 6.18 Å². The molecule has 2 nitrogen and oxygen atoms in total. The molecule has 0 saturated carbocycles. The first kappa shape index (κ1) is 16.1. The van der Waals surface area contributed by atoms with Crippen LogP contribution in [0.3, 0.4) is 0 Å². The van der Waals surface area contributed by atoms with Crippen LogP contribution in [-0.4, -0.2) is 30.7 Å². The number of likely N-dealkylation sites (tertiary alicyclic amines) is 1. The molecular weight excluding hydrogens is 277 g/mol. The van der Waals surface area contributed by atoms with Crippen LogP contribution in [0, 0.1) is 5.92 Å². The van der Waals surface area contributed by atoms with E-state index in [0.717, 1.165) is 17.8 Å². The molecule has 5 heteroatoms. The van der Waals surface area contributed by atoms with Crippen molar-refractivity contribution in [3.05, 3.63) is 29.8 Å². The zero-order valence-electron chi connectivity index (χ0n) is 12.6. The lowest BCUT2D eigenvalue weighted by atomic mass is 9.83. The predicted molar refractivity (Wildman–Crippen MR) is 79.1 cm³/mol. The molecule has 1 saturated heterocycles. The van der Waals surface area contributed by atoms with E-state index in [1.165, 1.54) is 0 Å². The van der Waals surface area contributed by atoms with Gasteiger partial charge in [0.15, 0.2) is 0 Å². The zero-order chi connectivity index (χ0) is 15.7. The van der Waals surface area contributed by atoms with Crippen LogP contribution >= 0.6 is 0 Å². The number of alkyl halides is 3. The van der Waals surface area contributed by atoms with E-state index >= 15 is 0 Å². The summed E-state index contributed by atoms with van der Waals surface area (Å²) in [4.78, 5) is 2.14. The van der Waals surface area contributed by atoms with Crippen molar-refractivity contribution in [2.75, 3.05) is 25.4 Å². The molecular formula is C16H23F3N2. The van der Waals surface area contributed by atoms with Gasteiger partial charge in [-0.2, -0.15) is 13.2 Å². The van der Waals surface area contributed by atoms with E-state index in [-0.39, 0.29) is 18.3 Å². The molecule has 21 heavy (non-hydrogen) atoms. The molecule has 0 bridgehead atoms. The van der Waals surface area contributed by atoms with Gasteiger partial charge in [-0.15, -0.1) is 0 Å². The molecule has 0 radical (unpaired) electrons. The number of nitrogens with two attached hydrogens (primary N) is 1. The Morgan fingerprint density at radius 1 is 1.10 bits per heavy atom. The minimum Gasteiger partial charge on any atom is -0.399 e. The summed E-state index contributed by atoms with van der Waals surface area (Å²) in [5, 5.41) is 0. The summed E-state index contributed by atoms with van der Waals surface area (Å²) in [6.45, 7) is 6.04. The number of benzene rings is 1. The smallest absolute Gasteiger partial charge is 0.391 e. The van der Waals surface area contributed by atoms with Crippen LogP contribution in [-0.2, 0) is 5.41 Å². The van der Waals surface area contributed by atoms with E-state index in [2.05, 4.69) is 18.7 Å². The Bertz CT molecular complexity index is 457. The van der Waals surface area contributed by atoms with Gasteiger partial charge in [0, 0.05) is 17.6 Å². The average molecular weight is 300 g/mol. The highest BCUT2D eigenvalue weighted by Gasteiger charge is 2.41. The fraction of sp³-hybridized carbons (Fsp3) is 0.625. The number of nitrogens with zero attached hydrogens (tertiary/aromatic N) is 1. The zero-order valence-corrected chi connectivity index (χ0v) is 12.6. The van der Waals surface area contributed by atoms with Crippen LogP contribution in [0.2, 0.25) is 0 Å². The number of hydrogen-bond donors (Lipinski definition) is 1. The normalized spacial score (nSPS) is 18.9. The van der Waals surface area contributed by atoms with E-state index in [1.54, 1.807) is 0 Å². The van der Waals surface area contributed by atoms with Crippen LogP contribution in [0.1, 0.15) is 32.3 Å². The van der Waals surface area contributed by atoms with Gasteiger partial charge in [-0.1, -0.05) is 26.0 Å². The third-order valence-corrected chi connectivity index (χ3v) is 4.36. The first-order valence-electron chi connectivity index (χ1n) is 7.33. The van der Waals surface area contributed by atoms with Gasteiger partial charge in [0.2, 0.25) is 0 Å². The molecule has 2 N–H and O–H groups in total. The van der Waals surface area contributed by atoms with Gasteiger partial charge in [0.1, 0.15) is 0 Å². The molecule has 0 amide bonds. The molecule has 0 spiro atoms. The van der Waals surface area contributed by atoms with Gasteiger partial charge in [0.05, 0.1) is 5.92 Å². The quantitative estimate of drug-likeness (QED) is 0.860. The minimum atomic E-state index is -4.04. The van der Waals surface area contributed by atoms with Gasteiger partial charge in [0.25, 0.3) is 0 Å². The largest absolute Gasteiger partial charge is 0.399 e. The molecule has 1 aliphatic rings.